The Bertz CT molecular complexity index is 531. The van der Waals surface area contributed by atoms with Crippen molar-refractivity contribution in [3.63, 3.8) is 0 Å². The van der Waals surface area contributed by atoms with E-state index in [4.69, 9.17) is 4.74 Å². The quantitative estimate of drug-likeness (QED) is 0.694. The van der Waals surface area contributed by atoms with Crippen molar-refractivity contribution in [2.45, 2.75) is 11.8 Å². The lowest BCUT2D eigenvalue weighted by Crippen LogP contribution is -2.08. The molecule has 0 amide bonds. The van der Waals surface area contributed by atoms with E-state index >= 15 is 0 Å². The highest BCUT2D eigenvalue weighted by Crippen LogP contribution is 2.25. The minimum Gasteiger partial charge on any atom is -0.497 e. The number of ketones is 1. The van der Waals surface area contributed by atoms with E-state index in [9.17, 15) is 4.79 Å². The van der Waals surface area contributed by atoms with Crippen molar-refractivity contribution in [2.75, 3.05) is 7.11 Å². The summed E-state index contributed by atoms with van der Waals surface area (Å²) in [7, 11) is 1.61. The molecule has 0 aliphatic rings. The Morgan fingerprint density at radius 2 is 2.25 bits per heavy atom. The SMILES string of the molecule is COc1ccc2[nH]cc(C(=O)[C@H](C)Br)c2c1. The standard InChI is InChI=1S/C12H12BrNO2/c1-7(13)12(15)10-6-14-11-4-3-8(16-2)5-9(10)11/h3-7,14H,1-2H3/t7-/m0/s1. The van der Waals surface area contributed by atoms with Gasteiger partial charge in [0.25, 0.3) is 0 Å². The van der Waals surface area contributed by atoms with E-state index < -0.39 is 0 Å². The first-order chi connectivity index (χ1) is 7.63. The van der Waals surface area contributed by atoms with Crippen LogP contribution in [0.3, 0.4) is 0 Å². The van der Waals surface area contributed by atoms with Gasteiger partial charge in [0.1, 0.15) is 5.75 Å². The summed E-state index contributed by atoms with van der Waals surface area (Å²) in [6.45, 7) is 1.82. The van der Waals surface area contributed by atoms with Crippen LogP contribution >= 0.6 is 15.9 Å². The van der Waals surface area contributed by atoms with Gasteiger partial charge in [-0.3, -0.25) is 4.79 Å². The molecule has 1 aromatic carbocycles. The van der Waals surface area contributed by atoms with Crippen LogP contribution in [0.15, 0.2) is 24.4 Å². The van der Waals surface area contributed by atoms with Gasteiger partial charge < -0.3 is 9.72 Å². The topological polar surface area (TPSA) is 42.1 Å². The Morgan fingerprint density at radius 3 is 2.88 bits per heavy atom. The van der Waals surface area contributed by atoms with Crippen LogP contribution in [0.1, 0.15) is 17.3 Å². The van der Waals surface area contributed by atoms with E-state index in [2.05, 4.69) is 20.9 Å². The van der Waals surface area contributed by atoms with Gasteiger partial charge in [0.05, 0.1) is 11.9 Å². The second-order valence-corrected chi connectivity index (χ2v) is 4.97. The summed E-state index contributed by atoms with van der Waals surface area (Å²) in [6, 6.07) is 5.64. The highest BCUT2D eigenvalue weighted by Gasteiger charge is 2.16. The minimum absolute atomic E-state index is 0.0690. The smallest absolute Gasteiger partial charge is 0.178 e. The van der Waals surface area contributed by atoms with Crippen molar-refractivity contribution >= 4 is 32.6 Å². The fourth-order valence-corrected chi connectivity index (χ4v) is 1.89. The molecular weight excluding hydrogens is 270 g/mol. The Balaban J connectivity index is 2.58. The van der Waals surface area contributed by atoms with Gasteiger partial charge in [-0.1, -0.05) is 15.9 Å². The van der Waals surface area contributed by atoms with Gasteiger partial charge in [-0.2, -0.15) is 0 Å². The van der Waals surface area contributed by atoms with Gasteiger partial charge in [-0.25, -0.2) is 0 Å². The highest BCUT2D eigenvalue weighted by molar-refractivity contribution is 9.10. The van der Waals surface area contributed by atoms with Crippen molar-refractivity contribution in [3.8, 4) is 5.75 Å². The van der Waals surface area contributed by atoms with E-state index in [0.29, 0.717) is 5.56 Å². The van der Waals surface area contributed by atoms with E-state index in [0.717, 1.165) is 16.7 Å². The molecule has 1 atom stereocenters. The zero-order valence-corrected chi connectivity index (χ0v) is 10.7. The van der Waals surface area contributed by atoms with Crippen molar-refractivity contribution in [3.05, 3.63) is 30.0 Å². The minimum atomic E-state index is -0.183. The lowest BCUT2D eigenvalue weighted by molar-refractivity contribution is 0.0997. The molecule has 84 valence electrons. The average Bonchev–Trinajstić information content (AvgIpc) is 2.70. The van der Waals surface area contributed by atoms with Crippen molar-refractivity contribution in [1.82, 2.24) is 4.98 Å². The summed E-state index contributed by atoms with van der Waals surface area (Å²) >= 11 is 3.29. The molecule has 0 aliphatic heterocycles. The number of carbonyl (C=O) groups excluding carboxylic acids is 1. The van der Waals surface area contributed by atoms with Gasteiger partial charge in [-0.05, 0) is 25.1 Å². The van der Waals surface area contributed by atoms with Crippen LogP contribution in [-0.4, -0.2) is 22.7 Å². The van der Waals surface area contributed by atoms with Gasteiger partial charge in [0.2, 0.25) is 0 Å². The van der Waals surface area contributed by atoms with Gasteiger partial charge in [-0.15, -0.1) is 0 Å². The molecule has 1 N–H and O–H groups in total. The van der Waals surface area contributed by atoms with Gasteiger partial charge in [0.15, 0.2) is 5.78 Å². The Morgan fingerprint density at radius 1 is 1.50 bits per heavy atom. The van der Waals surface area contributed by atoms with E-state index in [1.54, 1.807) is 13.3 Å². The first kappa shape index (κ1) is 11.2. The van der Waals surface area contributed by atoms with Crippen LogP contribution in [0.2, 0.25) is 0 Å². The Kier molecular flexibility index (Phi) is 3.01. The molecule has 0 unspecified atom stereocenters. The average molecular weight is 282 g/mol. The number of hydrogen-bond acceptors (Lipinski definition) is 2. The number of benzene rings is 1. The monoisotopic (exact) mass is 281 g/mol. The molecule has 3 nitrogen and oxygen atoms in total. The third-order valence-electron chi connectivity index (χ3n) is 2.52. The van der Waals surface area contributed by atoms with E-state index in [1.807, 2.05) is 25.1 Å². The summed E-state index contributed by atoms with van der Waals surface area (Å²) in [5, 5.41) is 0.899. The summed E-state index contributed by atoms with van der Waals surface area (Å²) < 4.78 is 5.15. The molecule has 0 aliphatic carbocycles. The second-order valence-electron chi connectivity index (χ2n) is 3.59. The third kappa shape index (κ3) is 1.85. The van der Waals surface area contributed by atoms with E-state index in [1.165, 1.54) is 0 Å². The van der Waals surface area contributed by atoms with Crippen LogP contribution in [0.4, 0.5) is 0 Å². The number of rotatable bonds is 3. The predicted octanol–water partition coefficient (Wildman–Crippen LogP) is 3.14. The number of fused-ring (bicyclic) bond motifs is 1. The number of halogens is 1. The number of hydrogen-bond donors (Lipinski definition) is 1. The number of Topliss-reactive ketones (excluding diaryl/α,β-unsaturated/α-hetero) is 1. The number of alkyl halides is 1. The number of carbonyl (C=O) groups is 1. The first-order valence-corrected chi connectivity index (χ1v) is 5.88. The van der Waals surface area contributed by atoms with Crippen molar-refractivity contribution < 1.29 is 9.53 Å². The number of aromatic nitrogens is 1. The second kappa shape index (κ2) is 4.29. The number of ether oxygens (including phenoxy) is 1. The summed E-state index contributed by atoms with van der Waals surface area (Å²) in [5.41, 5.74) is 1.63. The molecular formula is C12H12BrNO2. The molecule has 2 aromatic rings. The maximum absolute atomic E-state index is 11.9. The highest BCUT2D eigenvalue weighted by atomic mass is 79.9. The summed E-state index contributed by atoms with van der Waals surface area (Å²) in [6.07, 6.45) is 1.74. The molecule has 16 heavy (non-hydrogen) atoms. The van der Waals surface area contributed by atoms with Crippen molar-refractivity contribution in [2.24, 2.45) is 0 Å². The molecule has 4 heteroatoms. The maximum Gasteiger partial charge on any atom is 0.178 e. The third-order valence-corrected chi connectivity index (χ3v) is 2.93. The molecule has 2 rings (SSSR count). The van der Waals surface area contributed by atoms with Gasteiger partial charge in [0, 0.05) is 22.7 Å². The van der Waals surface area contributed by atoms with Crippen LogP contribution < -0.4 is 4.74 Å². The van der Waals surface area contributed by atoms with Crippen LogP contribution in [0, 0.1) is 0 Å². The van der Waals surface area contributed by atoms with E-state index in [-0.39, 0.29) is 10.6 Å². The zero-order valence-electron chi connectivity index (χ0n) is 9.08. The summed E-state index contributed by atoms with van der Waals surface area (Å²) in [5.74, 6) is 0.822. The predicted molar refractivity (Wildman–Crippen MR) is 67.6 cm³/mol. The van der Waals surface area contributed by atoms with Crippen molar-refractivity contribution in [1.29, 1.82) is 0 Å². The van der Waals surface area contributed by atoms with Crippen LogP contribution in [-0.2, 0) is 0 Å². The normalized spacial score (nSPS) is 12.7. The molecule has 0 bridgehead atoms. The molecule has 0 fully saturated rings. The Labute approximate surface area is 102 Å². The molecule has 0 radical (unpaired) electrons. The van der Waals surface area contributed by atoms with Crippen LogP contribution in [0.5, 0.6) is 5.75 Å². The summed E-state index contributed by atoms with van der Waals surface area (Å²) in [4.78, 5) is 14.8. The fourth-order valence-electron chi connectivity index (χ4n) is 1.64. The molecule has 0 saturated carbocycles. The number of aromatic amines is 1. The lowest BCUT2D eigenvalue weighted by atomic mass is 10.1. The first-order valence-electron chi connectivity index (χ1n) is 4.97. The Hall–Kier alpha value is -1.29. The van der Waals surface area contributed by atoms with Gasteiger partial charge >= 0.3 is 0 Å². The zero-order chi connectivity index (χ0) is 11.7. The lowest BCUT2D eigenvalue weighted by Gasteiger charge is -2.02. The molecule has 1 aromatic heterocycles. The number of H-pyrrole nitrogens is 1. The van der Waals surface area contributed by atoms with Crippen LogP contribution in [0.25, 0.3) is 10.9 Å². The number of methoxy groups -OCH3 is 1. The maximum atomic E-state index is 11.9. The largest absolute Gasteiger partial charge is 0.497 e. The number of nitrogens with one attached hydrogen (secondary N) is 1. The fraction of sp³-hybridized carbons (Fsp3) is 0.250. The molecule has 0 spiro atoms. The molecule has 0 saturated heterocycles. The molecule has 1 heterocycles.